The van der Waals surface area contributed by atoms with Gasteiger partial charge in [-0.25, -0.2) is 0 Å². The number of halogens is 3. The first-order valence-corrected chi connectivity index (χ1v) is 8.50. The molecule has 3 rings (SSSR count). The second kappa shape index (κ2) is 5.86. The summed E-state index contributed by atoms with van der Waals surface area (Å²) in [5, 5.41) is 3.45. The second-order valence-electron chi connectivity index (χ2n) is 7.49. The lowest BCUT2D eigenvalue weighted by atomic mass is 9.91. The summed E-state index contributed by atoms with van der Waals surface area (Å²) >= 11 is 0. The van der Waals surface area contributed by atoms with E-state index in [0.717, 1.165) is 17.5 Å². The molecule has 0 radical (unpaired) electrons. The monoisotopic (exact) mass is 367 g/mol. The van der Waals surface area contributed by atoms with E-state index in [1.165, 1.54) is 12.2 Å². The molecule has 3 N–H and O–H groups in total. The predicted octanol–water partition coefficient (Wildman–Crippen LogP) is 4.66. The van der Waals surface area contributed by atoms with Crippen molar-refractivity contribution in [2.45, 2.75) is 44.6 Å². The normalized spacial score (nSPS) is 25.6. The van der Waals surface area contributed by atoms with Gasteiger partial charge in [-0.2, -0.15) is 13.2 Å². The summed E-state index contributed by atoms with van der Waals surface area (Å²) in [4.78, 5) is 2.06. The van der Waals surface area contributed by atoms with Crippen LogP contribution in [0.1, 0.15) is 27.2 Å². The van der Waals surface area contributed by atoms with Crippen LogP contribution in [0.25, 0.3) is 0 Å². The van der Waals surface area contributed by atoms with E-state index in [1.807, 2.05) is 46.0 Å². The van der Waals surface area contributed by atoms with Gasteiger partial charge in [0.25, 0.3) is 0 Å². The van der Waals surface area contributed by atoms with Crippen molar-refractivity contribution in [1.29, 1.82) is 0 Å². The van der Waals surface area contributed by atoms with Crippen molar-refractivity contribution in [3.05, 3.63) is 42.2 Å². The number of fused-ring (bicyclic) bond motifs is 1. The van der Waals surface area contributed by atoms with E-state index in [-0.39, 0.29) is 6.42 Å². The van der Waals surface area contributed by atoms with Gasteiger partial charge in [0.1, 0.15) is 17.0 Å². The number of nitrogen functional groups attached to an aromatic ring is 1. The Balaban J connectivity index is 1.79. The van der Waals surface area contributed by atoms with Crippen molar-refractivity contribution in [3.8, 4) is 0 Å². The molecule has 1 aliphatic carbocycles. The quantitative estimate of drug-likeness (QED) is 0.763. The van der Waals surface area contributed by atoms with Crippen molar-refractivity contribution in [2.75, 3.05) is 23.0 Å². The molecular formula is C19H24F3N3O. The summed E-state index contributed by atoms with van der Waals surface area (Å²) in [5.41, 5.74) is 7.07. The van der Waals surface area contributed by atoms with Gasteiger partial charge < -0.3 is 20.7 Å². The Morgan fingerprint density at radius 2 is 2.00 bits per heavy atom. The zero-order valence-electron chi connectivity index (χ0n) is 15.3. The van der Waals surface area contributed by atoms with E-state index in [1.54, 1.807) is 0 Å². The van der Waals surface area contributed by atoms with E-state index < -0.39 is 23.4 Å². The third-order valence-corrected chi connectivity index (χ3v) is 5.46. The molecular weight excluding hydrogens is 343 g/mol. The fraction of sp³-hybridized carbons (Fsp3) is 0.474. The molecule has 0 saturated heterocycles. The average Bonchev–Trinajstić information content (AvgIpc) is 2.78. The Labute approximate surface area is 151 Å². The standard InChI is InChI=1S/C19H24F3N3O/c1-17(2,26-14-8-5-12(6-9-14)19(20,21)22)18(3)24-15-11-13(23)7-10-16(15)25(18)4/h5,7-12,24H,6,23H2,1-4H3. The van der Waals surface area contributed by atoms with Crippen LogP contribution in [-0.2, 0) is 4.74 Å². The number of allylic oxidation sites excluding steroid dienone is 3. The van der Waals surface area contributed by atoms with Gasteiger partial charge in [0, 0.05) is 12.7 Å². The third-order valence-electron chi connectivity index (χ3n) is 5.46. The molecule has 1 aromatic rings. The van der Waals surface area contributed by atoms with Crippen molar-refractivity contribution in [2.24, 2.45) is 5.92 Å². The molecule has 0 saturated carbocycles. The number of nitrogens with zero attached hydrogens (tertiary/aromatic N) is 1. The lowest BCUT2D eigenvalue weighted by molar-refractivity contribution is -0.160. The highest BCUT2D eigenvalue weighted by Gasteiger charge is 2.51. The lowest BCUT2D eigenvalue weighted by Crippen LogP contribution is -2.62. The zero-order valence-corrected chi connectivity index (χ0v) is 15.3. The van der Waals surface area contributed by atoms with E-state index in [0.29, 0.717) is 11.4 Å². The van der Waals surface area contributed by atoms with Crippen molar-refractivity contribution < 1.29 is 17.9 Å². The first kappa shape index (κ1) is 18.5. The second-order valence-corrected chi connectivity index (χ2v) is 7.49. The molecule has 0 aromatic heterocycles. The minimum Gasteiger partial charge on any atom is -0.484 e. The summed E-state index contributed by atoms with van der Waals surface area (Å²) in [6, 6.07) is 5.63. The highest BCUT2D eigenvalue weighted by molar-refractivity contribution is 5.80. The van der Waals surface area contributed by atoms with Gasteiger partial charge in [0.05, 0.1) is 17.3 Å². The zero-order chi connectivity index (χ0) is 19.3. The molecule has 0 amide bonds. The minimum absolute atomic E-state index is 0.109. The van der Waals surface area contributed by atoms with E-state index in [2.05, 4.69) is 10.2 Å². The Bertz CT molecular complexity index is 770. The number of hydrogen-bond donors (Lipinski definition) is 2. The van der Waals surface area contributed by atoms with Crippen LogP contribution in [-0.4, -0.2) is 24.5 Å². The molecule has 1 aliphatic heterocycles. The molecule has 26 heavy (non-hydrogen) atoms. The first-order valence-electron chi connectivity index (χ1n) is 8.50. The smallest absolute Gasteiger partial charge is 0.395 e. The maximum absolute atomic E-state index is 12.8. The molecule has 142 valence electrons. The highest BCUT2D eigenvalue weighted by atomic mass is 19.4. The summed E-state index contributed by atoms with van der Waals surface area (Å²) in [6.45, 7) is 5.82. The molecule has 1 aromatic carbocycles. The number of alkyl halides is 3. The Kier molecular flexibility index (Phi) is 4.16. The Morgan fingerprint density at radius 1 is 1.31 bits per heavy atom. The van der Waals surface area contributed by atoms with Crippen LogP contribution in [0.15, 0.2) is 42.2 Å². The summed E-state index contributed by atoms with van der Waals surface area (Å²) < 4.78 is 44.5. The summed E-state index contributed by atoms with van der Waals surface area (Å²) in [7, 11) is 1.95. The highest BCUT2D eigenvalue weighted by Crippen LogP contribution is 2.46. The van der Waals surface area contributed by atoms with Crippen LogP contribution >= 0.6 is 0 Å². The number of hydrogen-bond acceptors (Lipinski definition) is 4. The average molecular weight is 367 g/mol. The number of benzene rings is 1. The van der Waals surface area contributed by atoms with Gasteiger partial charge in [-0.15, -0.1) is 0 Å². The Morgan fingerprint density at radius 3 is 2.58 bits per heavy atom. The molecule has 2 unspecified atom stereocenters. The van der Waals surface area contributed by atoms with Crippen molar-refractivity contribution in [1.82, 2.24) is 0 Å². The van der Waals surface area contributed by atoms with Gasteiger partial charge in [0.2, 0.25) is 0 Å². The Hall–Kier alpha value is -2.31. The molecule has 2 aliphatic rings. The molecule has 0 bridgehead atoms. The minimum atomic E-state index is -4.23. The van der Waals surface area contributed by atoms with Crippen LogP contribution in [0.3, 0.4) is 0 Å². The molecule has 2 atom stereocenters. The van der Waals surface area contributed by atoms with Crippen LogP contribution in [0.4, 0.5) is 30.2 Å². The number of nitrogens with one attached hydrogen (secondary N) is 1. The molecule has 1 heterocycles. The van der Waals surface area contributed by atoms with Crippen LogP contribution < -0.4 is 16.0 Å². The van der Waals surface area contributed by atoms with Gasteiger partial charge in [-0.05, 0) is 57.5 Å². The van der Waals surface area contributed by atoms with Gasteiger partial charge >= 0.3 is 6.18 Å². The number of anilines is 3. The predicted molar refractivity (Wildman–Crippen MR) is 97.8 cm³/mol. The fourth-order valence-electron chi connectivity index (χ4n) is 3.40. The van der Waals surface area contributed by atoms with Crippen molar-refractivity contribution >= 4 is 17.1 Å². The maximum Gasteiger partial charge on any atom is 0.395 e. The van der Waals surface area contributed by atoms with Gasteiger partial charge in [-0.3, -0.25) is 0 Å². The van der Waals surface area contributed by atoms with E-state index >= 15 is 0 Å². The molecule has 7 heteroatoms. The fourth-order valence-corrected chi connectivity index (χ4v) is 3.40. The topological polar surface area (TPSA) is 50.5 Å². The maximum atomic E-state index is 12.8. The van der Waals surface area contributed by atoms with E-state index in [4.69, 9.17) is 10.5 Å². The van der Waals surface area contributed by atoms with Crippen LogP contribution in [0.5, 0.6) is 0 Å². The van der Waals surface area contributed by atoms with Gasteiger partial charge in [-0.1, -0.05) is 6.08 Å². The lowest BCUT2D eigenvalue weighted by Gasteiger charge is -2.46. The molecule has 0 spiro atoms. The van der Waals surface area contributed by atoms with E-state index in [9.17, 15) is 13.2 Å². The first-order chi connectivity index (χ1) is 11.9. The number of nitrogens with two attached hydrogens (primary N) is 1. The number of rotatable bonds is 3. The van der Waals surface area contributed by atoms with Gasteiger partial charge in [0.15, 0.2) is 0 Å². The number of likely N-dealkylation sites (N-methyl/N-ethyl adjacent to an activating group) is 1. The third kappa shape index (κ3) is 2.99. The molecule has 4 nitrogen and oxygen atoms in total. The summed E-state index contributed by atoms with van der Waals surface area (Å²) in [5.74, 6) is -1.00. The molecule has 0 fully saturated rings. The van der Waals surface area contributed by atoms with Crippen LogP contribution in [0.2, 0.25) is 0 Å². The SMILES string of the molecule is CN1c2ccc(N)cc2NC1(C)C(C)(C)OC1=CCC(C(F)(F)F)C=C1. The number of ether oxygens (including phenoxy) is 1. The largest absolute Gasteiger partial charge is 0.484 e. The van der Waals surface area contributed by atoms with Crippen molar-refractivity contribution in [3.63, 3.8) is 0 Å². The van der Waals surface area contributed by atoms with Crippen LogP contribution in [0, 0.1) is 5.92 Å². The summed E-state index contributed by atoms with van der Waals surface area (Å²) in [6.07, 6.45) is -0.262.